The first-order valence-corrected chi connectivity index (χ1v) is 13.2. The van der Waals surface area contributed by atoms with Crippen LogP contribution in [-0.2, 0) is 0 Å². The van der Waals surface area contributed by atoms with Crippen molar-refractivity contribution in [2.24, 2.45) is 9.98 Å². The van der Waals surface area contributed by atoms with Crippen molar-refractivity contribution < 1.29 is 0 Å². The van der Waals surface area contributed by atoms with Crippen molar-refractivity contribution in [2.45, 2.75) is 9.79 Å². The molecule has 4 nitrogen and oxygen atoms in total. The van der Waals surface area contributed by atoms with Gasteiger partial charge < -0.3 is 0 Å². The summed E-state index contributed by atoms with van der Waals surface area (Å²) in [6.07, 6.45) is 7.75. The maximum Gasteiger partial charge on any atom is 0.0972 e. The number of thioether (sulfide) groups is 2. The molecule has 2 aromatic heterocycles. The highest BCUT2D eigenvalue weighted by atomic mass is 32.2. The van der Waals surface area contributed by atoms with Crippen LogP contribution in [-0.4, -0.2) is 34.9 Å². The van der Waals surface area contributed by atoms with Crippen LogP contribution in [0.4, 0.5) is 11.4 Å². The standard InChI is InChI=1S/C28H22N4S2/c1-33-25-9-5-3-7-23(25)29-17-21-15-13-19-11-12-20-14-16-22(32-28(20)27(19)31-21)18-30-24-8-4-6-10-26(24)34-2/h3-18H,1-2H3. The van der Waals surface area contributed by atoms with Crippen LogP contribution in [0.1, 0.15) is 11.4 Å². The number of hydrogen-bond acceptors (Lipinski definition) is 6. The number of pyridine rings is 2. The van der Waals surface area contributed by atoms with Gasteiger partial charge in [0, 0.05) is 20.6 Å². The van der Waals surface area contributed by atoms with Gasteiger partial charge in [-0.3, -0.25) is 9.98 Å². The van der Waals surface area contributed by atoms with Crippen molar-refractivity contribution in [1.82, 2.24) is 9.97 Å². The SMILES string of the molecule is CSc1ccccc1N=Cc1ccc2ccc3ccc(C=Nc4ccccc4SC)nc3c2n1. The van der Waals surface area contributed by atoms with Gasteiger partial charge in [-0.2, -0.15) is 0 Å². The molecule has 0 aliphatic heterocycles. The van der Waals surface area contributed by atoms with Crippen molar-refractivity contribution in [3.63, 3.8) is 0 Å². The molecule has 0 aliphatic carbocycles. The second kappa shape index (κ2) is 10.2. The topological polar surface area (TPSA) is 50.5 Å². The van der Waals surface area contributed by atoms with Crippen LogP contribution in [0.5, 0.6) is 0 Å². The lowest BCUT2D eigenvalue weighted by Crippen LogP contribution is -1.94. The van der Waals surface area contributed by atoms with E-state index >= 15 is 0 Å². The zero-order chi connectivity index (χ0) is 23.3. The summed E-state index contributed by atoms with van der Waals surface area (Å²) in [6.45, 7) is 0. The summed E-state index contributed by atoms with van der Waals surface area (Å²) in [5, 5.41) is 2.09. The number of rotatable bonds is 6. The number of fused-ring (bicyclic) bond motifs is 3. The van der Waals surface area contributed by atoms with Gasteiger partial charge in [0.1, 0.15) is 0 Å². The molecule has 0 atom stereocenters. The first-order chi connectivity index (χ1) is 16.7. The highest BCUT2D eigenvalue weighted by Gasteiger charge is 2.06. The molecule has 0 saturated carbocycles. The van der Waals surface area contributed by atoms with Crippen molar-refractivity contribution in [1.29, 1.82) is 0 Å². The fourth-order valence-corrected chi connectivity index (χ4v) is 4.77. The van der Waals surface area contributed by atoms with Crippen LogP contribution >= 0.6 is 23.5 Å². The van der Waals surface area contributed by atoms with Crippen LogP contribution in [0, 0.1) is 0 Å². The molecule has 34 heavy (non-hydrogen) atoms. The summed E-state index contributed by atoms with van der Waals surface area (Å²) in [4.78, 5) is 21.4. The molecular formula is C28H22N4S2. The van der Waals surface area contributed by atoms with E-state index in [1.54, 1.807) is 23.5 Å². The smallest absolute Gasteiger partial charge is 0.0972 e. The van der Waals surface area contributed by atoms with Crippen molar-refractivity contribution in [2.75, 3.05) is 12.5 Å². The lowest BCUT2D eigenvalue weighted by molar-refractivity contribution is 1.32. The average Bonchev–Trinajstić information content (AvgIpc) is 2.90. The van der Waals surface area contributed by atoms with E-state index < -0.39 is 0 Å². The molecule has 3 aromatic carbocycles. The molecule has 0 bridgehead atoms. The molecule has 5 aromatic rings. The van der Waals surface area contributed by atoms with E-state index in [0.717, 1.165) is 54.4 Å². The Morgan fingerprint density at radius 2 is 0.971 bits per heavy atom. The maximum absolute atomic E-state index is 4.89. The fourth-order valence-electron chi connectivity index (χ4n) is 3.69. The Morgan fingerprint density at radius 3 is 1.41 bits per heavy atom. The molecule has 2 heterocycles. The normalized spacial score (nSPS) is 11.8. The summed E-state index contributed by atoms with van der Waals surface area (Å²) < 4.78 is 0. The number of aliphatic imine (C=N–C) groups is 2. The molecule has 0 saturated heterocycles. The van der Waals surface area contributed by atoms with Gasteiger partial charge in [0.25, 0.3) is 0 Å². The molecule has 0 amide bonds. The summed E-state index contributed by atoms with van der Waals surface area (Å²) in [6, 6.07) is 28.5. The Bertz CT molecular complexity index is 1430. The van der Waals surface area contributed by atoms with Gasteiger partial charge in [0.2, 0.25) is 0 Å². The van der Waals surface area contributed by atoms with E-state index in [2.05, 4.69) is 58.9 Å². The zero-order valence-corrected chi connectivity index (χ0v) is 20.5. The average molecular weight is 479 g/mol. The van der Waals surface area contributed by atoms with Gasteiger partial charge in [-0.25, -0.2) is 9.97 Å². The molecule has 0 unspecified atom stereocenters. The van der Waals surface area contributed by atoms with Gasteiger partial charge >= 0.3 is 0 Å². The van der Waals surface area contributed by atoms with Gasteiger partial charge in [0.15, 0.2) is 0 Å². The largest absolute Gasteiger partial charge is 0.253 e. The van der Waals surface area contributed by atoms with Crippen LogP contribution in [0.25, 0.3) is 21.8 Å². The van der Waals surface area contributed by atoms with E-state index in [1.807, 2.05) is 61.0 Å². The Balaban J connectivity index is 1.53. The van der Waals surface area contributed by atoms with Crippen LogP contribution in [0.2, 0.25) is 0 Å². The number of benzene rings is 3. The minimum Gasteiger partial charge on any atom is -0.253 e. The predicted octanol–water partition coefficient (Wildman–Crippen LogP) is 7.73. The monoisotopic (exact) mass is 478 g/mol. The van der Waals surface area contributed by atoms with Crippen LogP contribution in [0.15, 0.2) is 105 Å². The van der Waals surface area contributed by atoms with E-state index in [1.165, 1.54) is 0 Å². The van der Waals surface area contributed by atoms with E-state index in [4.69, 9.17) is 9.97 Å². The molecule has 0 N–H and O–H groups in total. The molecule has 0 spiro atoms. The van der Waals surface area contributed by atoms with Crippen LogP contribution < -0.4 is 0 Å². The van der Waals surface area contributed by atoms with E-state index in [-0.39, 0.29) is 0 Å². The summed E-state index contributed by atoms with van der Waals surface area (Å²) in [5.41, 5.74) is 5.20. The lowest BCUT2D eigenvalue weighted by atomic mass is 10.1. The zero-order valence-electron chi connectivity index (χ0n) is 18.8. The molecule has 5 rings (SSSR count). The Hall–Kier alpha value is -3.48. The highest BCUT2D eigenvalue weighted by Crippen LogP contribution is 2.29. The highest BCUT2D eigenvalue weighted by molar-refractivity contribution is 7.99. The van der Waals surface area contributed by atoms with Gasteiger partial charge in [0.05, 0.1) is 46.2 Å². The van der Waals surface area contributed by atoms with Crippen molar-refractivity contribution >= 4 is 69.1 Å². The molecule has 0 radical (unpaired) electrons. The minimum absolute atomic E-state index is 0.797. The van der Waals surface area contributed by atoms with E-state index in [9.17, 15) is 0 Å². The predicted molar refractivity (Wildman–Crippen MR) is 148 cm³/mol. The third-order valence-corrected chi connectivity index (χ3v) is 6.97. The molecule has 0 aliphatic rings. The van der Waals surface area contributed by atoms with Gasteiger partial charge in [-0.15, -0.1) is 23.5 Å². The number of hydrogen-bond donors (Lipinski definition) is 0. The quantitative estimate of drug-likeness (QED) is 0.142. The minimum atomic E-state index is 0.797. The molecule has 6 heteroatoms. The van der Waals surface area contributed by atoms with Gasteiger partial charge in [-0.1, -0.05) is 48.5 Å². The Kier molecular flexibility index (Phi) is 6.70. The van der Waals surface area contributed by atoms with Crippen molar-refractivity contribution in [3.8, 4) is 0 Å². The maximum atomic E-state index is 4.89. The summed E-state index contributed by atoms with van der Waals surface area (Å²) >= 11 is 3.37. The number of aromatic nitrogens is 2. The third kappa shape index (κ3) is 4.74. The summed E-state index contributed by atoms with van der Waals surface area (Å²) in [7, 11) is 0. The Morgan fingerprint density at radius 1 is 0.559 bits per heavy atom. The summed E-state index contributed by atoms with van der Waals surface area (Å²) in [5.74, 6) is 0. The molecule has 166 valence electrons. The fraction of sp³-hybridized carbons (Fsp3) is 0.0714. The first kappa shape index (κ1) is 22.3. The molecular weight excluding hydrogens is 456 g/mol. The number of nitrogens with zero attached hydrogens (tertiary/aromatic N) is 4. The third-order valence-electron chi connectivity index (χ3n) is 5.40. The van der Waals surface area contributed by atoms with Gasteiger partial charge in [-0.05, 0) is 48.9 Å². The molecule has 0 fully saturated rings. The van der Waals surface area contributed by atoms with E-state index in [0.29, 0.717) is 0 Å². The lowest BCUT2D eigenvalue weighted by Gasteiger charge is -2.05. The number of para-hydroxylation sites is 2. The Labute approximate surface area is 207 Å². The van der Waals surface area contributed by atoms with Crippen molar-refractivity contribution in [3.05, 3.63) is 96.3 Å². The second-order valence-corrected chi connectivity index (χ2v) is 9.24. The first-order valence-electron chi connectivity index (χ1n) is 10.8. The van der Waals surface area contributed by atoms with Crippen LogP contribution in [0.3, 0.4) is 0 Å². The second-order valence-electron chi connectivity index (χ2n) is 7.54.